The lowest BCUT2D eigenvalue weighted by atomic mass is 10.4. The zero-order valence-electron chi connectivity index (χ0n) is 6.46. The Morgan fingerprint density at radius 2 is 2.40 bits per heavy atom. The van der Waals surface area contributed by atoms with Gasteiger partial charge in [0, 0.05) is 26.2 Å². The quantitative estimate of drug-likeness (QED) is 0.646. The van der Waals surface area contributed by atoms with Crippen molar-refractivity contribution in [2.45, 2.75) is 19.9 Å². The van der Waals surface area contributed by atoms with Crippen molar-refractivity contribution in [1.82, 2.24) is 9.55 Å². The number of hydrogen-bond acceptors (Lipinski definition) is 2. The van der Waals surface area contributed by atoms with Crippen LogP contribution in [0, 0.1) is 0 Å². The molecule has 0 fully saturated rings. The molecule has 0 unspecified atom stereocenters. The molecule has 0 saturated heterocycles. The molecule has 0 atom stereocenters. The molecule has 3 heteroatoms. The first-order valence-corrected chi connectivity index (χ1v) is 3.49. The van der Waals surface area contributed by atoms with Crippen molar-refractivity contribution in [3.05, 3.63) is 17.7 Å². The normalized spacial score (nSPS) is 10.3. The second-order valence-electron chi connectivity index (χ2n) is 2.28. The summed E-state index contributed by atoms with van der Waals surface area (Å²) >= 11 is 0. The molecule has 0 radical (unpaired) electrons. The van der Waals surface area contributed by atoms with Gasteiger partial charge in [-0.3, -0.25) is 0 Å². The molecule has 0 bridgehead atoms. The summed E-state index contributed by atoms with van der Waals surface area (Å²) < 4.78 is 2.04. The smallest absolute Gasteiger partial charge is 0.108 e. The van der Waals surface area contributed by atoms with Crippen molar-refractivity contribution >= 4 is 0 Å². The predicted molar refractivity (Wildman–Crippen MR) is 40.5 cm³/mol. The fourth-order valence-electron chi connectivity index (χ4n) is 1.01. The van der Waals surface area contributed by atoms with E-state index < -0.39 is 0 Å². The van der Waals surface area contributed by atoms with Crippen LogP contribution in [-0.4, -0.2) is 9.55 Å². The third kappa shape index (κ3) is 1.04. The standard InChI is InChI=1S/C7H13N3/c1-3-7-9-5-6(4-8)10(7)2/h5H,3-4,8H2,1-2H3. The van der Waals surface area contributed by atoms with E-state index in [1.54, 1.807) is 0 Å². The molecular formula is C7H13N3. The molecule has 1 aromatic rings. The molecule has 0 aliphatic carbocycles. The minimum Gasteiger partial charge on any atom is -0.334 e. The van der Waals surface area contributed by atoms with E-state index in [4.69, 9.17) is 5.73 Å². The van der Waals surface area contributed by atoms with E-state index in [1.807, 2.05) is 17.8 Å². The Labute approximate surface area is 60.9 Å². The van der Waals surface area contributed by atoms with E-state index in [0.29, 0.717) is 6.54 Å². The van der Waals surface area contributed by atoms with Crippen molar-refractivity contribution in [2.24, 2.45) is 12.8 Å². The summed E-state index contributed by atoms with van der Waals surface area (Å²) in [6.45, 7) is 2.66. The summed E-state index contributed by atoms with van der Waals surface area (Å²) in [6.07, 6.45) is 2.80. The number of aryl methyl sites for hydroxylation is 1. The number of aromatic nitrogens is 2. The number of rotatable bonds is 2. The Morgan fingerprint density at radius 1 is 1.70 bits per heavy atom. The van der Waals surface area contributed by atoms with Gasteiger partial charge in [0.25, 0.3) is 0 Å². The summed E-state index contributed by atoms with van der Waals surface area (Å²) in [4.78, 5) is 4.19. The van der Waals surface area contributed by atoms with Gasteiger partial charge in [-0.2, -0.15) is 0 Å². The third-order valence-electron chi connectivity index (χ3n) is 1.71. The second-order valence-corrected chi connectivity index (χ2v) is 2.28. The fourth-order valence-corrected chi connectivity index (χ4v) is 1.01. The van der Waals surface area contributed by atoms with Crippen molar-refractivity contribution in [3.63, 3.8) is 0 Å². The lowest BCUT2D eigenvalue weighted by molar-refractivity contribution is 0.758. The number of imidazole rings is 1. The van der Waals surface area contributed by atoms with Gasteiger partial charge in [0.05, 0.1) is 5.69 Å². The number of nitrogens with zero attached hydrogens (tertiary/aromatic N) is 2. The Morgan fingerprint density at radius 3 is 2.70 bits per heavy atom. The first kappa shape index (κ1) is 7.28. The summed E-state index contributed by atoms with van der Waals surface area (Å²) in [6, 6.07) is 0. The maximum absolute atomic E-state index is 5.46. The SMILES string of the molecule is CCc1ncc(CN)n1C. The molecule has 0 aliphatic rings. The molecule has 1 rings (SSSR count). The zero-order chi connectivity index (χ0) is 7.56. The topological polar surface area (TPSA) is 43.8 Å². The molecule has 0 aromatic carbocycles. The van der Waals surface area contributed by atoms with Crippen LogP contribution in [0.15, 0.2) is 6.20 Å². The highest BCUT2D eigenvalue weighted by atomic mass is 15.1. The summed E-state index contributed by atoms with van der Waals surface area (Å²) in [5, 5.41) is 0. The summed E-state index contributed by atoms with van der Waals surface area (Å²) in [5.74, 6) is 1.10. The first-order valence-electron chi connectivity index (χ1n) is 3.49. The molecule has 3 nitrogen and oxygen atoms in total. The van der Waals surface area contributed by atoms with Crippen LogP contribution in [0.25, 0.3) is 0 Å². The Balaban J connectivity index is 2.97. The average molecular weight is 139 g/mol. The van der Waals surface area contributed by atoms with Crippen molar-refractivity contribution in [3.8, 4) is 0 Å². The molecular weight excluding hydrogens is 126 g/mol. The molecule has 0 aliphatic heterocycles. The third-order valence-corrected chi connectivity index (χ3v) is 1.71. The molecule has 1 aromatic heterocycles. The zero-order valence-corrected chi connectivity index (χ0v) is 6.46. The van der Waals surface area contributed by atoms with Crippen molar-refractivity contribution in [1.29, 1.82) is 0 Å². The van der Waals surface area contributed by atoms with Gasteiger partial charge < -0.3 is 10.3 Å². The lowest BCUT2D eigenvalue weighted by Gasteiger charge is -2.00. The molecule has 1 heterocycles. The van der Waals surface area contributed by atoms with Gasteiger partial charge in [0.2, 0.25) is 0 Å². The van der Waals surface area contributed by atoms with Gasteiger partial charge in [-0.25, -0.2) is 4.98 Å². The van der Waals surface area contributed by atoms with Crippen LogP contribution in [0.2, 0.25) is 0 Å². The maximum Gasteiger partial charge on any atom is 0.108 e. The Bertz CT molecular complexity index is 193. The van der Waals surface area contributed by atoms with Crippen LogP contribution in [0.3, 0.4) is 0 Å². The minimum absolute atomic E-state index is 0.573. The van der Waals surface area contributed by atoms with E-state index in [0.717, 1.165) is 17.9 Å². The van der Waals surface area contributed by atoms with E-state index in [2.05, 4.69) is 11.9 Å². The molecule has 0 spiro atoms. The number of nitrogens with two attached hydrogens (primary N) is 1. The fraction of sp³-hybridized carbons (Fsp3) is 0.571. The van der Waals surface area contributed by atoms with Crippen LogP contribution < -0.4 is 5.73 Å². The van der Waals surface area contributed by atoms with Crippen LogP contribution in [-0.2, 0) is 20.0 Å². The van der Waals surface area contributed by atoms with Crippen molar-refractivity contribution < 1.29 is 0 Å². The van der Waals surface area contributed by atoms with Gasteiger partial charge in [-0.05, 0) is 0 Å². The monoisotopic (exact) mass is 139 g/mol. The maximum atomic E-state index is 5.46. The number of hydrogen-bond donors (Lipinski definition) is 1. The van der Waals surface area contributed by atoms with Gasteiger partial charge in [0.1, 0.15) is 5.82 Å². The van der Waals surface area contributed by atoms with Crippen LogP contribution in [0.1, 0.15) is 18.4 Å². The summed E-state index contributed by atoms with van der Waals surface area (Å²) in [5.41, 5.74) is 6.55. The van der Waals surface area contributed by atoms with E-state index in [1.165, 1.54) is 0 Å². The average Bonchev–Trinajstić information content (AvgIpc) is 2.30. The Kier molecular flexibility index (Phi) is 2.06. The molecule has 0 amide bonds. The van der Waals surface area contributed by atoms with E-state index in [-0.39, 0.29) is 0 Å². The summed E-state index contributed by atoms with van der Waals surface area (Å²) in [7, 11) is 1.99. The first-order chi connectivity index (χ1) is 4.79. The van der Waals surface area contributed by atoms with Gasteiger partial charge in [-0.1, -0.05) is 6.92 Å². The highest BCUT2D eigenvalue weighted by Crippen LogP contribution is 2.01. The van der Waals surface area contributed by atoms with Crippen molar-refractivity contribution in [2.75, 3.05) is 0 Å². The molecule has 0 saturated carbocycles. The minimum atomic E-state index is 0.573. The van der Waals surface area contributed by atoms with Crippen LogP contribution in [0.5, 0.6) is 0 Å². The van der Waals surface area contributed by atoms with Crippen LogP contribution in [0.4, 0.5) is 0 Å². The van der Waals surface area contributed by atoms with E-state index >= 15 is 0 Å². The van der Waals surface area contributed by atoms with Gasteiger partial charge >= 0.3 is 0 Å². The second kappa shape index (κ2) is 2.84. The molecule has 2 N–H and O–H groups in total. The largest absolute Gasteiger partial charge is 0.334 e. The highest BCUT2D eigenvalue weighted by Gasteiger charge is 2.00. The van der Waals surface area contributed by atoms with Gasteiger partial charge in [0.15, 0.2) is 0 Å². The lowest BCUT2D eigenvalue weighted by Crippen LogP contribution is -2.05. The molecule has 10 heavy (non-hydrogen) atoms. The highest BCUT2D eigenvalue weighted by molar-refractivity contribution is 5.03. The molecule has 56 valence electrons. The van der Waals surface area contributed by atoms with E-state index in [9.17, 15) is 0 Å². The Hall–Kier alpha value is -0.830. The van der Waals surface area contributed by atoms with Gasteiger partial charge in [-0.15, -0.1) is 0 Å². The van der Waals surface area contributed by atoms with Crippen LogP contribution >= 0.6 is 0 Å². The predicted octanol–water partition coefficient (Wildman–Crippen LogP) is 0.441.